The van der Waals surface area contributed by atoms with Crippen LogP contribution in [0.25, 0.3) is 10.2 Å². The molecule has 0 aliphatic heterocycles. The Balaban J connectivity index is 2.30. The summed E-state index contributed by atoms with van der Waals surface area (Å²) in [5.41, 5.74) is 0.922. The summed E-state index contributed by atoms with van der Waals surface area (Å²) >= 11 is 7.51. The van der Waals surface area contributed by atoms with Gasteiger partial charge >= 0.3 is 0 Å². The van der Waals surface area contributed by atoms with E-state index in [1.165, 1.54) is 4.70 Å². The van der Waals surface area contributed by atoms with Crippen molar-refractivity contribution in [3.05, 3.63) is 24.3 Å². The van der Waals surface area contributed by atoms with Crippen molar-refractivity contribution in [2.24, 2.45) is 0 Å². The van der Waals surface area contributed by atoms with Gasteiger partial charge in [0.1, 0.15) is 0 Å². The Kier molecular flexibility index (Phi) is 2.85. The van der Waals surface area contributed by atoms with Gasteiger partial charge in [-0.2, -0.15) is 0 Å². The van der Waals surface area contributed by atoms with Gasteiger partial charge in [0.25, 0.3) is 0 Å². The lowest BCUT2D eigenvalue weighted by Gasteiger charge is -2.22. The molecule has 2 rings (SSSR count). The minimum absolute atomic E-state index is 0.116. The van der Waals surface area contributed by atoms with Gasteiger partial charge in [0.15, 0.2) is 5.13 Å². The predicted octanol–water partition coefficient (Wildman–Crippen LogP) is 3.73. The van der Waals surface area contributed by atoms with E-state index in [1.807, 2.05) is 18.2 Å². The first-order valence-electron chi connectivity index (χ1n) is 4.80. The summed E-state index contributed by atoms with van der Waals surface area (Å²) in [7, 11) is 0. The molecule has 0 amide bonds. The largest absolute Gasteiger partial charge is 0.355 e. The number of aromatic nitrogens is 1. The van der Waals surface area contributed by atoms with E-state index < -0.39 is 0 Å². The third kappa shape index (κ3) is 2.41. The van der Waals surface area contributed by atoms with Crippen LogP contribution in [0.1, 0.15) is 13.8 Å². The smallest absolute Gasteiger partial charge is 0.184 e. The molecule has 4 heteroatoms. The molecule has 1 aromatic carbocycles. The predicted molar refractivity (Wildman–Crippen MR) is 68.0 cm³/mol. The highest BCUT2D eigenvalue weighted by Crippen LogP contribution is 2.27. The van der Waals surface area contributed by atoms with E-state index in [9.17, 15) is 0 Å². The lowest BCUT2D eigenvalue weighted by molar-refractivity contribution is 0.641. The number of para-hydroxylation sites is 1. The van der Waals surface area contributed by atoms with E-state index in [2.05, 4.69) is 30.2 Å². The lowest BCUT2D eigenvalue weighted by atomic mass is 10.1. The quantitative estimate of drug-likeness (QED) is 0.827. The highest BCUT2D eigenvalue weighted by molar-refractivity contribution is 7.22. The molecule has 1 N–H and O–H groups in total. The van der Waals surface area contributed by atoms with Crippen molar-refractivity contribution in [2.75, 3.05) is 11.2 Å². The molecule has 2 aromatic rings. The summed E-state index contributed by atoms with van der Waals surface area (Å²) in [6.45, 7) is 4.12. The topological polar surface area (TPSA) is 24.9 Å². The highest BCUT2D eigenvalue weighted by atomic mass is 35.5. The Bertz CT molecular complexity index is 431. The number of hydrogen-bond acceptors (Lipinski definition) is 3. The molecule has 1 aromatic heterocycles. The maximum absolute atomic E-state index is 5.86. The zero-order chi connectivity index (χ0) is 10.9. The van der Waals surface area contributed by atoms with Gasteiger partial charge in [0, 0.05) is 11.4 Å². The summed E-state index contributed by atoms with van der Waals surface area (Å²) in [4.78, 5) is 4.49. The minimum atomic E-state index is -0.116. The first-order valence-corrected chi connectivity index (χ1v) is 6.15. The van der Waals surface area contributed by atoms with E-state index in [0.717, 1.165) is 10.6 Å². The number of benzene rings is 1. The maximum atomic E-state index is 5.86. The second kappa shape index (κ2) is 3.99. The summed E-state index contributed by atoms with van der Waals surface area (Å²) in [6, 6.07) is 8.12. The molecule has 0 atom stereocenters. The van der Waals surface area contributed by atoms with Crippen molar-refractivity contribution in [3.8, 4) is 0 Å². The van der Waals surface area contributed by atoms with Crippen LogP contribution in [0.3, 0.4) is 0 Å². The van der Waals surface area contributed by atoms with Crippen LogP contribution >= 0.6 is 22.9 Å². The monoisotopic (exact) mass is 240 g/mol. The number of thiazole rings is 1. The number of nitrogens with zero attached hydrogens (tertiary/aromatic N) is 1. The third-order valence-corrected chi connectivity index (χ3v) is 3.69. The molecule has 0 bridgehead atoms. The van der Waals surface area contributed by atoms with Crippen molar-refractivity contribution in [3.63, 3.8) is 0 Å². The van der Waals surface area contributed by atoms with Crippen molar-refractivity contribution >= 4 is 38.3 Å². The minimum Gasteiger partial charge on any atom is -0.355 e. The Hall–Kier alpha value is -0.800. The molecule has 0 saturated heterocycles. The molecule has 1 heterocycles. The number of halogens is 1. The van der Waals surface area contributed by atoms with E-state index >= 15 is 0 Å². The molecule has 0 fully saturated rings. The van der Waals surface area contributed by atoms with Gasteiger partial charge in [-0.05, 0) is 26.0 Å². The van der Waals surface area contributed by atoms with Crippen molar-refractivity contribution in [1.29, 1.82) is 0 Å². The van der Waals surface area contributed by atoms with Crippen LogP contribution in [0.2, 0.25) is 0 Å². The second-order valence-corrected chi connectivity index (χ2v) is 5.43. The normalized spacial score (nSPS) is 11.9. The Morgan fingerprint density at radius 3 is 2.80 bits per heavy atom. The SMILES string of the molecule is CC(C)(CCl)Nc1nc2ccccc2s1. The van der Waals surface area contributed by atoms with Crippen LogP contribution in [0.4, 0.5) is 5.13 Å². The van der Waals surface area contributed by atoms with Gasteiger partial charge in [-0.15, -0.1) is 11.6 Å². The summed E-state index contributed by atoms with van der Waals surface area (Å²) in [5.74, 6) is 0.558. The van der Waals surface area contributed by atoms with Gasteiger partial charge in [0.05, 0.1) is 10.2 Å². The van der Waals surface area contributed by atoms with Crippen molar-refractivity contribution in [2.45, 2.75) is 19.4 Å². The molecular formula is C11H13ClN2S. The fraction of sp³-hybridized carbons (Fsp3) is 0.364. The van der Waals surface area contributed by atoms with Crippen LogP contribution in [0.15, 0.2) is 24.3 Å². The zero-order valence-electron chi connectivity index (χ0n) is 8.75. The van der Waals surface area contributed by atoms with Gasteiger partial charge in [-0.25, -0.2) is 4.98 Å². The number of fused-ring (bicyclic) bond motifs is 1. The molecule has 0 unspecified atom stereocenters. The fourth-order valence-electron chi connectivity index (χ4n) is 1.25. The van der Waals surface area contributed by atoms with Gasteiger partial charge in [-0.1, -0.05) is 23.5 Å². The zero-order valence-corrected chi connectivity index (χ0v) is 10.3. The van der Waals surface area contributed by atoms with Gasteiger partial charge < -0.3 is 5.32 Å². The van der Waals surface area contributed by atoms with Crippen LogP contribution in [-0.4, -0.2) is 16.4 Å². The highest BCUT2D eigenvalue weighted by Gasteiger charge is 2.17. The summed E-state index contributed by atoms with van der Waals surface area (Å²) < 4.78 is 1.20. The molecule has 0 aliphatic carbocycles. The lowest BCUT2D eigenvalue weighted by Crippen LogP contribution is -2.32. The molecular weight excluding hydrogens is 228 g/mol. The third-order valence-electron chi connectivity index (χ3n) is 2.07. The average Bonchev–Trinajstić information content (AvgIpc) is 2.58. The molecule has 0 radical (unpaired) electrons. The summed E-state index contributed by atoms with van der Waals surface area (Å²) in [5, 5.41) is 4.27. The second-order valence-electron chi connectivity index (χ2n) is 4.13. The molecule has 0 saturated carbocycles. The molecule has 80 valence electrons. The van der Waals surface area contributed by atoms with Crippen LogP contribution in [0.5, 0.6) is 0 Å². The molecule has 0 aliphatic rings. The van der Waals surface area contributed by atoms with E-state index in [4.69, 9.17) is 11.6 Å². The first kappa shape index (κ1) is 10.7. The van der Waals surface area contributed by atoms with Crippen LogP contribution in [0, 0.1) is 0 Å². The fourth-order valence-corrected chi connectivity index (χ4v) is 2.36. The maximum Gasteiger partial charge on any atom is 0.184 e. The standard InChI is InChI=1S/C11H13ClN2S/c1-11(2,7-12)14-10-13-8-5-3-4-6-9(8)15-10/h3-6H,7H2,1-2H3,(H,13,14). The van der Waals surface area contributed by atoms with Crippen molar-refractivity contribution < 1.29 is 0 Å². The van der Waals surface area contributed by atoms with Crippen LogP contribution < -0.4 is 5.32 Å². The molecule has 0 spiro atoms. The number of alkyl halides is 1. The Morgan fingerprint density at radius 2 is 2.13 bits per heavy atom. The Morgan fingerprint density at radius 1 is 1.40 bits per heavy atom. The molecule has 2 nitrogen and oxygen atoms in total. The van der Waals surface area contributed by atoms with Crippen LogP contribution in [-0.2, 0) is 0 Å². The van der Waals surface area contributed by atoms with Crippen molar-refractivity contribution in [1.82, 2.24) is 4.98 Å². The van der Waals surface area contributed by atoms with E-state index in [-0.39, 0.29) is 5.54 Å². The van der Waals surface area contributed by atoms with E-state index in [1.54, 1.807) is 11.3 Å². The average molecular weight is 241 g/mol. The number of hydrogen-bond donors (Lipinski definition) is 1. The van der Waals surface area contributed by atoms with Gasteiger partial charge in [-0.3, -0.25) is 0 Å². The number of nitrogens with one attached hydrogen (secondary N) is 1. The Labute approximate surface area is 98.3 Å². The first-order chi connectivity index (χ1) is 7.11. The number of rotatable bonds is 3. The molecule has 15 heavy (non-hydrogen) atoms. The summed E-state index contributed by atoms with van der Waals surface area (Å²) in [6.07, 6.45) is 0. The van der Waals surface area contributed by atoms with Gasteiger partial charge in [0.2, 0.25) is 0 Å². The number of anilines is 1. The van der Waals surface area contributed by atoms with E-state index in [0.29, 0.717) is 5.88 Å².